The van der Waals surface area contributed by atoms with Crippen LogP contribution >= 0.6 is 11.6 Å². The van der Waals surface area contributed by atoms with Gasteiger partial charge in [-0.1, -0.05) is 17.7 Å². The van der Waals surface area contributed by atoms with Crippen molar-refractivity contribution in [2.24, 2.45) is 5.92 Å². The van der Waals surface area contributed by atoms with E-state index < -0.39 is 16.1 Å². The van der Waals surface area contributed by atoms with Gasteiger partial charge in [-0.15, -0.1) is 0 Å². The normalized spacial score (nSPS) is 16.7. The number of hydrogen-bond donors (Lipinski definition) is 0. The van der Waals surface area contributed by atoms with Crippen molar-refractivity contribution >= 4 is 39.2 Å². The molecule has 0 aliphatic carbocycles. The van der Waals surface area contributed by atoms with Gasteiger partial charge in [0.2, 0.25) is 15.9 Å². The van der Waals surface area contributed by atoms with Crippen molar-refractivity contribution in [2.45, 2.75) is 32.7 Å². The van der Waals surface area contributed by atoms with Crippen LogP contribution in [0.2, 0.25) is 5.02 Å². The lowest BCUT2D eigenvalue weighted by molar-refractivity contribution is -0.149. The first-order valence-electron chi connectivity index (χ1n) is 8.68. The van der Waals surface area contributed by atoms with E-state index in [1.165, 1.54) is 7.11 Å². The Labute approximate surface area is 165 Å². The minimum Gasteiger partial charge on any atom is -0.469 e. The van der Waals surface area contributed by atoms with Crippen LogP contribution < -0.4 is 4.31 Å². The molecule has 1 heterocycles. The fourth-order valence-electron chi connectivity index (χ4n) is 3.36. The summed E-state index contributed by atoms with van der Waals surface area (Å²) in [6.07, 6.45) is 2.07. The Balaban J connectivity index is 2.24. The minimum atomic E-state index is -3.72. The number of hydrogen-bond acceptors (Lipinski definition) is 5. The molecule has 0 spiro atoms. The number of rotatable bonds is 5. The van der Waals surface area contributed by atoms with Gasteiger partial charge in [0.25, 0.3) is 0 Å². The number of ether oxygens (including phenoxy) is 1. The van der Waals surface area contributed by atoms with Crippen molar-refractivity contribution in [2.75, 3.05) is 30.8 Å². The second-order valence-electron chi connectivity index (χ2n) is 6.79. The molecule has 0 saturated carbocycles. The molecule has 1 saturated heterocycles. The third-order valence-electron chi connectivity index (χ3n) is 4.82. The molecular weight excluding hydrogens is 392 g/mol. The van der Waals surface area contributed by atoms with Crippen LogP contribution in [0.4, 0.5) is 5.69 Å². The number of carbonyl (C=O) groups is 2. The van der Waals surface area contributed by atoms with Gasteiger partial charge in [0.05, 0.1) is 25.0 Å². The quantitative estimate of drug-likeness (QED) is 0.687. The number of esters is 1. The first-order valence-corrected chi connectivity index (χ1v) is 10.9. The maximum Gasteiger partial charge on any atom is 0.308 e. The Kier molecular flexibility index (Phi) is 6.75. The second kappa shape index (κ2) is 8.48. The summed E-state index contributed by atoms with van der Waals surface area (Å²) >= 11 is 6.04. The van der Waals surface area contributed by atoms with Crippen LogP contribution in [0.25, 0.3) is 0 Å². The molecule has 0 radical (unpaired) electrons. The van der Waals surface area contributed by atoms with Crippen molar-refractivity contribution in [1.82, 2.24) is 4.90 Å². The number of aryl methyl sites for hydroxylation is 1. The van der Waals surface area contributed by atoms with E-state index >= 15 is 0 Å². The highest BCUT2D eigenvalue weighted by Crippen LogP contribution is 2.29. The maximum atomic E-state index is 13.0. The molecule has 9 heteroatoms. The predicted molar refractivity (Wildman–Crippen MR) is 104 cm³/mol. The number of anilines is 1. The lowest BCUT2D eigenvalue weighted by Crippen LogP contribution is -2.52. The number of benzene rings is 1. The van der Waals surface area contributed by atoms with Crippen LogP contribution in [0.1, 0.15) is 25.3 Å². The molecule has 1 unspecified atom stereocenters. The second-order valence-corrected chi connectivity index (χ2v) is 9.08. The van der Waals surface area contributed by atoms with Crippen LogP contribution in [-0.4, -0.2) is 57.7 Å². The van der Waals surface area contributed by atoms with Crippen molar-refractivity contribution < 1.29 is 22.7 Å². The van der Waals surface area contributed by atoms with Crippen LogP contribution in [0.5, 0.6) is 0 Å². The number of amides is 1. The number of methoxy groups -OCH3 is 1. The van der Waals surface area contributed by atoms with Crippen molar-refractivity contribution in [3.63, 3.8) is 0 Å². The third-order valence-corrected chi connectivity index (χ3v) is 6.28. The predicted octanol–water partition coefficient (Wildman–Crippen LogP) is 2.21. The zero-order valence-corrected chi connectivity index (χ0v) is 17.5. The number of carbonyl (C=O) groups excluding carboxylic acids is 2. The standard InChI is InChI=1S/C18H25ClN2O5S/c1-12-5-6-15(19)11-16(12)21(27(4,24)25)13(2)17(22)20-9-7-14(8-10-20)18(23)26-3/h5-6,11,13-14H,7-10H2,1-4H3. The first-order chi connectivity index (χ1) is 12.6. The molecule has 7 nitrogen and oxygen atoms in total. The molecule has 27 heavy (non-hydrogen) atoms. The summed E-state index contributed by atoms with van der Waals surface area (Å²) < 4.78 is 30.8. The SMILES string of the molecule is COC(=O)C1CCN(C(=O)C(C)N(c2cc(Cl)ccc2C)S(C)(=O)=O)CC1. The van der Waals surface area contributed by atoms with Gasteiger partial charge in [-0.25, -0.2) is 8.42 Å². The van der Waals surface area contributed by atoms with E-state index in [9.17, 15) is 18.0 Å². The topological polar surface area (TPSA) is 84.0 Å². The van der Waals surface area contributed by atoms with Crippen LogP contribution in [-0.2, 0) is 24.3 Å². The fourth-order valence-corrected chi connectivity index (χ4v) is 4.75. The van der Waals surface area contributed by atoms with E-state index in [4.69, 9.17) is 16.3 Å². The Bertz CT molecular complexity index is 819. The Morgan fingerprint density at radius 3 is 2.41 bits per heavy atom. The monoisotopic (exact) mass is 416 g/mol. The van der Waals surface area contributed by atoms with Crippen molar-refractivity contribution in [1.29, 1.82) is 0 Å². The lowest BCUT2D eigenvalue weighted by atomic mass is 9.96. The molecule has 0 bridgehead atoms. The van der Waals surface area contributed by atoms with E-state index in [-0.39, 0.29) is 17.8 Å². The average molecular weight is 417 g/mol. The highest BCUT2D eigenvalue weighted by molar-refractivity contribution is 7.92. The molecule has 1 aliphatic heterocycles. The highest BCUT2D eigenvalue weighted by atomic mass is 35.5. The molecule has 0 aromatic heterocycles. The van der Waals surface area contributed by atoms with E-state index in [1.54, 1.807) is 36.9 Å². The van der Waals surface area contributed by atoms with Crippen LogP contribution in [0.15, 0.2) is 18.2 Å². The zero-order valence-electron chi connectivity index (χ0n) is 15.9. The van der Waals surface area contributed by atoms with Gasteiger partial charge in [-0.05, 0) is 44.4 Å². The van der Waals surface area contributed by atoms with Crippen LogP contribution in [0, 0.1) is 12.8 Å². The van der Waals surface area contributed by atoms with Gasteiger partial charge in [-0.2, -0.15) is 0 Å². The molecular formula is C18H25ClN2O5S. The summed E-state index contributed by atoms with van der Waals surface area (Å²) in [7, 11) is -2.37. The first kappa shape index (κ1) is 21.5. The number of nitrogens with zero attached hydrogens (tertiary/aromatic N) is 2. The maximum absolute atomic E-state index is 13.0. The largest absolute Gasteiger partial charge is 0.469 e. The van der Waals surface area contributed by atoms with Gasteiger partial charge in [-0.3, -0.25) is 13.9 Å². The van der Waals surface area contributed by atoms with Gasteiger partial charge >= 0.3 is 5.97 Å². The summed E-state index contributed by atoms with van der Waals surface area (Å²) in [5, 5.41) is 0.391. The Morgan fingerprint density at radius 2 is 1.89 bits per heavy atom. The molecule has 1 fully saturated rings. The molecule has 150 valence electrons. The van der Waals surface area contributed by atoms with Gasteiger partial charge in [0.15, 0.2) is 0 Å². The summed E-state index contributed by atoms with van der Waals surface area (Å²) in [5.41, 5.74) is 1.09. The summed E-state index contributed by atoms with van der Waals surface area (Å²) in [6.45, 7) is 4.10. The third kappa shape index (κ3) is 4.93. The Morgan fingerprint density at radius 1 is 1.30 bits per heavy atom. The van der Waals surface area contributed by atoms with Crippen LogP contribution in [0.3, 0.4) is 0 Å². The van der Waals surface area contributed by atoms with E-state index in [0.717, 1.165) is 10.6 Å². The number of sulfonamides is 1. The van der Waals surface area contributed by atoms with Gasteiger partial charge in [0.1, 0.15) is 6.04 Å². The van der Waals surface area contributed by atoms with E-state index in [1.807, 2.05) is 0 Å². The lowest BCUT2D eigenvalue weighted by Gasteiger charge is -2.36. The smallest absolute Gasteiger partial charge is 0.308 e. The van der Waals surface area contributed by atoms with E-state index in [2.05, 4.69) is 0 Å². The summed E-state index contributed by atoms with van der Waals surface area (Å²) in [6, 6.07) is 4.01. The molecule has 0 N–H and O–H groups in total. The van der Waals surface area contributed by atoms with E-state index in [0.29, 0.717) is 42.2 Å². The average Bonchev–Trinajstić information content (AvgIpc) is 2.62. The zero-order chi connectivity index (χ0) is 20.4. The van der Waals surface area contributed by atoms with Crippen molar-refractivity contribution in [3.8, 4) is 0 Å². The molecule has 1 amide bonds. The Hall–Kier alpha value is -1.80. The molecule has 2 rings (SSSR count). The molecule has 1 aliphatic rings. The molecule has 1 atom stereocenters. The minimum absolute atomic E-state index is 0.226. The fraction of sp³-hybridized carbons (Fsp3) is 0.556. The highest BCUT2D eigenvalue weighted by Gasteiger charge is 2.35. The van der Waals surface area contributed by atoms with Gasteiger partial charge in [0, 0.05) is 18.1 Å². The summed E-state index contributed by atoms with van der Waals surface area (Å²) in [5.74, 6) is -0.805. The van der Waals surface area contributed by atoms with Crippen molar-refractivity contribution in [3.05, 3.63) is 28.8 Å². The molecule has 1 aromatic carbocycles. The number of halogens is 1. The molecule has 1 aromatic rings. The number of piperidine rings is 1. The summed E-state index contributed by atoms with van der Waals surface area (Å²) in [4.78, 5) is 26.2. The number of likely N-dealkylation sites (tertiary alicyclic amines) is 1. The van der Waals surface area contributed by atoms with Gasteiger partial charge < -0.3 is 9.64 Å².